The molecule has 0 bridgehead atoms. The molecule has 0 spiro atoms. The van der Waals surface area contributed by atoms with Crippen molar-refractivity contribution in [1.82, 2.24) is 59.8 Å². The zero-order valence-electron chi connectivity index (χ0n) is 64.3. The molecule has 0 saturated heterocycles. The van der Waals surface area contributed by atoms with Crippen LogP contribution in [0.2, 0.25) is 10.0 Å². The Balaban J connectivity index is 0.000000108. The first-order valence-electron chi connectivity index (χ1n) is 40.6. The van der Waals surface area contributed by atoms with Crippen LogP contribution >= 0.6 is 23.2 Å². The van der Waals surface area contributed by atoms with Gasteiger partial charge in [-0.2, -0.15) is 0 Å². The van der Waals surface area contributed by atoms with Crippen LogP contribution in [0.5, 0.6) is 0 Å². The lowest BCUT2D eigenvalue weighted by Crippen LogP contribution is -2.16. The van der Waals surface area contributed by atoms with Crippen molar-refractivity contribution < 1.29 is 8.78 Å². The van der Waals surface area contributed by atoms with Crippen LogP contribution in [0.3, 0.4) is 0 Å². The Morgan fingerprint density at radius 3 is 0.902 bits per heavy atom. The van der Waals surface area contributed by atoms with Gasteiger partial charge >= 0.3 is 0 Å². The zero-order valence-corrected chi connectivity index (χ0v) is 65.8. The summed E-state index contributed by atoms with van der Waals surface area (Å²) in [5.41, 5.74) is 23.1. The van der Waals surface area contributed by atoms with E-state index >= 15 is 0 Å². The molecule has 4 N–H and O–H groups in total. The number of fused-ring (bicyclic) bond motifs is 8. The van der Waals surface area contributed by atoms with Gasteiger partial charge in [0.25, 0.3) is 0 Å². The molecule has 568 valence electrons. The van der Waals surface area contributed by atoms with Crippen LogP contribution in [0, 0.1) is 63.0 Å². The average Bonchev–Trinajstić information content (AvgIpc) is 1.81. The Bertz CT molecular complexity index is 5570. The first-order chi connectivity index (χ1) is 54.6. The Morgan fingerprint density at radius 1 is 0.286 bits per heavy atom. The maximum atomic E-state index is 13.8. The number of aryl methyl sites for hydroxylation is 4. The van der Waals surface area contributed by atoms with Crippen molar-refractivity contribution in [2.75, 3.05) is 0 Å². The number of halogens is 4. The topological polar surface area (TPSA) is 166 Å². The largest absolute Gasteiger partial charge is 0.342 e. The van der Waals surface area contributed by atoms with Crippen LogP contribution < -0.4 is 0 Å². The monoisotopic (exact) mass is 1520 g/mol. The molecule has 12 nitrogen and oxygen atoms in total. The van der Waals surface area contributed by atoms with Crippen LogP contribution in [-0.4, -0.2) is 59.8 Å². The molecule has 112 heavy (non-hydrogen) atoms. The van der Waals surface area contributed by atoms with E-state index in [1.165, 1.54) is 144 Å². The molecule has 4 aliphatic carbocycles. The van der Waals surface area contributed by atoms with E-state index in [-0.39, 0.29) is 11.6 Å². The van der Waals surface area contributed by atoms with E-state index in [2.05, 4.69) is 165 Å². The summed E-state index contributed by atoms with van der Waals surface area (Å²) in [5, 5.41) is 6.08. The Kier molecular flexibility index (Phi) is 22.1. The summed E-state index contributed by atoms with van der Waals surface area (Å²) in [6, 6.07) is 55.9. The second kappa shape index (κ2) is 33.2. The minimum Gasteiger partial charge on any atom is -0.342 e. The number of benzene rings is 8. The van der Waals surface area contributed by atoms with Crippen molar-refractivity contribution in [3.63, 3.8) is 0 Å². The van der Waals surface area contributed by atoms with E-state index in [0.29, 0.717) is 47.3 Å². The first-order valence-corrected chi connectivity index (χ1v) is 41.4. The predicted octanol–water partition coefficient (Wildman–Crippen LogP) is 25.3. The van der Waals surface area contributed by atoms with Gasteiger partial charge in [0.1, 0.15) is 34.9 Å². The molecule has 16 heteroatoms. The van der Waals surface area contributed by atoms with Crippen molar-refractivity contribution in [3.05, 3.63) is 284 Å². The fraction of sp³-hybridized carbons (Fsp3) is 0.333. The van der Waals surface area contributed by atoms with Crippen molar-refractivity contribution >= 4 is 111 Å². The fourth-order valence-electron chi connectivity index (χ4n) is 18.8. The molecule has 0 amide bonds. The molecule has 4 saturated carbocycles. The van der Waals surface area contributed by atoms with Gasteiger partial charge in [-0.1, -0.05) is 59.6 Å². The van der Waals surface area contributed by atoms with Gasteiger partial charge in [-0.15, -0.1) is 0 Å². The third-order valence-corrected chi connectivity index (χ3v) is 25.7. The molecule has 0 unspecified atom stereocenters. The molecule has 0 atom stereocenters. The van der Waals surface area contributed by atoms with Gasteiger partial charge in [0.05, 0.1) is 66.2 Å². The van der Waals surface area contributed by atoms with Crippen LogP contribution in [-0.2, 0) is 25.7 Å². The second-order valence-electron chi connectivity index (χ2n) is 32.6. The van der Waals surface area contributed by atoms with Gasteiger partial charge < -0.3 is 19.9 Å². The highest BCUT2D eigenvalue weighted by atomic mass is 35.5. The van der Waals surface area contributed by atoms with Crippen molar-refractivity contribution in [2.24, 2.45) is 23.7 Å². The van der Waals surface area contributed by atoms with Crippen molar-refractivity contribution in [1.29, 1.82) is 0 Å². The van der Waals surface area contributed by atoms with Gasteiger partial charge in [0.15, 0.2) is 0 Å². The molecule has 4 fully saturated rings. The van der Waals surface area contributed by atoms with Crippen molar-refractivity contribution in [3.8, 4) is 0 Å². The number of imidazole rings is 4. The maximum absolute atomic E-state index is 13.8. The minimum atomic E-state index is -0.184. The summed E-state index contributed by atoms with van der Waals surface area (Å²) in [4.78, 5) is 50.9. The SMILES string of the molecule is Cc1cc2nc(CC3CCC(c4ccnc5ccc(F)cc45)CC3)[nH]c2cc1C.Cc1cc2nc(CC3CCC(c4ccnc5ccc(F)cc45)CC3)[nH]c2cc1C.Clc1ccc2nc(CC3CCC(c4ccnc5ccccc45)CC3)[nH]c2c1.Clc1ccc2nc(CC3CCC(c4ccnc5ccccc45)CC3)[nH]c2c1. The Hall–Kier alpha value is -10.3. The Morgan fingerprint density at radius 2 is 0.562 bits per heavy atom. The third-order valence-electron chi connectivity index (χ3n) is 25.2. The number of H-pyrrole nitrogens is 4. The molecule has 20 rings (SSSR count). The minimum absolute atomic E-state index is 0.184. The lowest BCUT2D eigenvalue weighted by molar-refractivity contribution is 0.322. The Labute approximate surface area is 662 Å². The molecule has 8 heterocycles. The van der Waals surface area contributed by atoms with Crippen molar-refractivity contribution in [2.45, 2.75) is 180 Å². The number of hydrogen-bond acceptors (Lipinski definition) is 8. The molecular formula is C96H96Cl2F2N12. The average molecular weight is 1530 g/mol. The smallest absolute Gasteiger partial charge is 0.123 e. The molecule has 0 radical (unpaired) electrons. The molecule has 0 aliphatic heterocycles. The summed E-state index contributed by atoms with van der Waals surface area (Å²) in [5.74, 6) is 8.97. The van der Waals surface area contributed by atoms with E-state index < -0.39 is 0 Å². The number of nitrogens with one attached hydrogen (secondary N) is 4. The molecule has 8 aromatic heterocycles. The summed E-state index contributed by atoms with van der Waals surface area (Å²) >= 11 is 12.2. The second-order valence-corrected chi connectivity index (χ2v) is 33.5. The summed E-state index contributed by atoms with van der Waals surface area (Å²) in [6.07, 6.45) is 30.9. The van der Waals surface area contributed by atoms with Gasteiger partial charge in [-0.25, -0.2) is 28.7 Å². The summed E-state index contributed by atoms with van der Waals surface area (Å²) < 4.78 is 27.6. The molecule has 8 aromatic carbocycles. The van der Waals surface area contributed by atoms with Crippen LogP contribution in [0.15, 0.2) is 195 Å². The number of hydrogen-bond donors (Lipinski definition) is 4. The highest BCUT2D eigenvalue weighted by Gasteiger charge is 2.30. The highest BCUT2D eigenvalue weighted by Crippen LogP contribution is 2.44. The normalized spacial score (nSPS) is 20.1. The number of rotatable bonds is 12. The van der Waals surface area contributed by atoms with Gasteiger partial charge in [-0.3, -0.25) is 19.9 Å². The maximum Gasteiger partial charge on any atom is 0.123 e. The van der Waals surface area contributed by atoms with Gasteiger partial charge in [0.2, 0.25) is 0 Å². The predicted molar refractivity (Wildman–Crippen MR) is 454 cm³/mol. The standard InChI is InChI=1S/2C25H26FN3.2C23H22ClN3/c2*1-15-11-23-24(12-16(15)2)29-25(28-23)13-17-3-5-18(6-4-17)20-9-10-27-22-8-7-19(26)14-21(20)22;2*24-17-9-10-21-22(14-17)27-23(26-21)13-15-5-7-16(8-6-15)18-11-12-25-20-4-2-1-3-19(18)20/h2*7-12,14,17-18H,3-6,13H2,1-2H3,(H,28,29);2*1-4,9-12,14-16H,5-8,13H2,(H,26,27). The van der Waals surface area contributed by atoms with Crippen LogP contribution in [0.1, 0.15) is 194 Å². The number of aromatic amines is 4. The fourth-order valence-corrected chi connectivity index (χ4v) is 19.2. The van der Waals surface area contributed by atoms with E-state index in [1.54, 1.807) is 24.3 Å². The van der Waals surface area contributed by atoms with Crippen LogP contribution in [0.4, 0.5) is 8.78 Å². The highest BCUT2D eigenvalue weighted by molar-refractivity contribution is 6.31. The lowest BCUT2D eigenvalue weighted by atomic mass is 9.77. The third kappa shape index (κ3) is 16.9. The number of pyridine rings is 4. The molecule has 16 aromatic rings. The van der Waals surface area contributed by atoms with Gasteiger partial charge in [-0.05, 0) is 356 Å². The zero-order chi connectivity index (χ0) is 76.3. The summed E-state index contributed by atoms with van der Waals surface area (Å²) in [7, 11) is 0. The van der Waals surface area contributed by atoms with E-state index in [4.69, 9.17) is 43.1 Å². The van der Waals surface area contributed by atoms with E-state index in [1.807, 2.05) is 61.2 Å². The summed E-state index contributed by atoms with van der Waals surface area (Å²) in [6.45, 7) is 8.56. The molecule has 4 aliphatic rings. The quantitative estimate of drug-likeness (QED) is 0.0938. The number of nitrogens with zero attached hydrogens (tertiary/aromatic N) is 8. The van der Waals surface area contributed by atoms with Crippen LogP contribution in [0.25, 0.3) is 87.7 Å². The number of para-hydroxylation sites is 2. The first kappa shape index (κ1) is 74.5. The lowest BCUT2D eigenvalue weighted by Gasteiger charge is -2.29. The molecular weight excluding hydrogens is 1430 g/mol. The number of aromatic nitrogens is 12. The van der Waals surface area contributed by atoms with Gasteiger partial charge in [0, 0.05) is 82.1 Å². The van der Waals surface area contributed by atoms with E-state index in [0.717, 1.165) is 162 Å². The van der Waals surface area contributed by atoms with E-state index in [9.17, 15) is 8.78 Å².